The second-order valence-electron chi connectivity index (χ2n) is 8.93. The van der Waals surface area contributed by atoms with Crippen LogP contribution in [0.4, 0.5) is 4.39 Å². The number of rotatable bonds is 4. The monoisotopic (exact) mass is 479 g/mol. The number of hydrogen-bond acceptors (Lipinski definition) is 5. The summed E-state index contributed by atoms with van der Waals surface area (Å²) in [6.45, 7) is 0.326. The van der Waals surface area contributed by atoms with Crippen molar-refractivity contribution in [3.8, 4) is 0 Å². The number of carbonyl (C=O) groups excluding carboxylic acids is 2. The molecule has 1 saturated carbocycles. The van der Waals surface area contributed by atoms with Gasteiger partial charge >= 0.3 is 0 Å². The summed E-state index contributed by atoms with van der Waals surface area (Å²) < 4.78 is 15.1. The predicted molar refractivity (Wildman–Crippen MR) is 129 cm³/mol. The van der Waals surface area contributed by atoms with Crippen molar-refractivity contribution in [1.82, 2.24) is 14.5 Å². The van der Waals surface area contributed by atoms with E-state index in [1.165, 1.54) is 40.9 Å². The van der Waals surface area contributed by atoms with Crippen LogP contribution in [-0.2, 0) is 4.79 Å². The van der Waals surface area contributed by atoms with Gasteiger partial charge in [0.2, 0.25) is 5.91 Å². The molecule has 8 heteroatoms. The summed E-state index contributed by atoms with van der Waals surface area (Å²) in [6.07, 6.45) is 6.06. The first-order valence-corrected chi connectivity index (χ1v) is 12.7. The van der Waals surface area contributed by atoms with E-state index in [1.807, 2.05) is 18.2 Å². The molecule has 1 atom stereocenters. The van der Waals surface area contributed by atoms with E-state index in [1.54, 1.807) is 10.6 Å². The molecule has 1 aliphatic heterocycles. The molecule has 1 unspecified atom stereocenters. The lowest BCUT2D eigenvalue weighted by Gasteiger charge is -2.24. The second kappa shape index (κ2) is 9.70. The van der Waals surface area contributed by atoms with Crippen LogP contribution in [0.5, 0.6) is 0 Å². The average Bonchev–Trinajstić information content (AvgIpc) is 3.31. The highest BCUT2D eigenvalue weighted by molar-refractivity contribution is 8.00. The van der Waals surface area contributed by atoms with Gasteiger partial charge in [0.05, 0.1) is 16.2 Å². The van der Waals surface area contributed by atoms with Crippen LogP contribution < -0.4 is 5.56 Å². The van der Waals surface area contributed by atoms with Crippen molar-refractivity contribution < 1.29 is 14.0 Å². The Kier molecular flexibility index (Phi) is 6.50. The molecule has 2 aliphatic rings. The Morgan fingerprint density at radius 2 is 1.65 bits per heavy atom. The highest BCUT2D eigenvalue weighted by Gasteiger charge is 2.34. The molecule has 1 aliphatic carbocycles. The minimum absolute atomic E-state index is 0.0692. The van der Waals surface area contributed by atoms with E-state index in [0.717, 1.165) is 32.1 Å². The number of carbonyl (C=O) groups is 2. The van der Waals surface area contributed by atoms with Gasteiger partial charge in [0.1, 0.15) is 5.82 Å². The van der Waals surface area contributed by atoms with Crippen LogP contribution in [-0.4, -0.2) is 38.1 Å². The maximum Gasteiger partial charge on any atom is 0.262 e. The summed E-state index contributed by atoms with van der Waals surface area (Å²) in [5.74, 6) is -1.13. The Morgan fingerprint density at radius 3 is 2.41 bits per heavy atom. The molecule has 34 heavy (non-hydrogen) atoms. The van der Waals surface area contributed by atoms with Crippen molar-refractivity contribution >= 4 is 34.5 Å². The maximum absolute atomic E-state index is 13.5. The smallest absolute Gasteiger partial charge is 0.262 e. The van der Waals surface area contributed by atoms with Gasteiger partial charge in [-0.05, 0) is 62.1 Å². The zero-order chi connectivity index (χ0) is 23.7. The lowest BCUT2D eigenvalue weighted by atomic mass is 10.2. The van der Waals surface area contributed by atoms with Gasteiger partial charge in [-0.3, -0.25) is 23.9 Å². The van der Waals surface area contributed by atoms with Crippen molar-refractivity contribution in [3.63, 3.8) is 0 Å². The summed E-state index contributed by atoms with van der Waals surface area (Å²) in [5.41, 5.74) is 0.831. The van der Waals surface area contributed by atoms with Gasteiger partial charge in [-0.15, -0.1) is 0 Å². The second-order valence-corrected chi connectivity index (χ2v) is 10.1. The normalized spacial score (nSPS) is 19.5. The van der Waals surface area contributed by atoms with E-state index < -0.39 is 17.0 Å². The third-order valence-electron chi connectivity index (χ3n) is 6.69. The molecule has 2 amide bonds. The Balaban J connectivity index is 1.49. The van der Waals surface area contributed by atoms with Crippen LogP contribution in [0.15, 0.2) is 58.5 Å². The van der Waals surface area contributed by atoms with Gasteiger partial charge in [0.15, 0.2) is 5.16 Å². The number of imide groups is 1. The molecule has 3 aromatic rings. The van der Waals surface area contributed by atoms with Gasteiger partial charge in [-0.1, -0.05) is 43.2 Å². The number of halogens is 1. The third-order valence-corrected chi connectivity index (χ3v) is 7.91. The van der Waals surface area contributed by atoms with E-state index >= 15 is 0 Å². The van der Waals surface area contributed by atoms with Crippen molar-refractivity contribution in [3.05, 3.63) is 70.3 Å². The van der Waals surface area contributed by atoms with Crippen molar-refractivity contribution in [2.45, 2.75) is 61.4 Å². The number of nitrogens with zero attached hydrogens (tertiary/aromatic N) is 3. The Morgan fingerprint density at radius 1 is 0.941 bits per heavy atom. The van der Waals surface area contributed by atoms with Gasteiger partial charge < -0.3 is 0 Å². The van der Waals surface area contributed by atoms with E-state index in [0.29, 0.717) is 35.4 Å². The molecule has 1 saturated heterocycles. The molecule has 0 radical (unpaired) electrons. The molecule has 0 bridgehead atoms. The zero-order valence-electron chi connectivity index (χ0n) is 18.8. The van der Waals surface area contributed by atoms with Crippen LogP contribution >= 0.6 is 11.8 Å². The molecule has 0 N–H and O–H groups in total. The van der Waals surface area contributed by atoms with Crippen LogP contribution in [0.2, 0.25) is 0 Å². The molecular formula is C26H26FN3O3S. The number of fused-ring (bicyclic) bond motifs is 1. The van der Waals surface area contributed by atoms with Crippen LogP contribution in [0, 0.1) is 5.82 Å². The van der Waals surface area contributed by atoms with Gasteiger partial charge in [0.25, 0.3) is 11.5 Å². The van der Waals surface area contributed by atoms with Crippen molar-refractivity contribution in [2.75, 3.05) is 6.54 Å². The molecular weight excluding hydrogens is 453 g/mol. The highest BCUT2D eigenvalue weighted by atomic mass is 32.2. The minimum Gasteiger partial charge on any atom is -0.284 e. The van der Waals surface area contributed by atoms with E-state index in [9.17, 15) is 18.8 Å². The molecule has 2 fully saturated rings. The molecule has 6 nitrogen and oxygen atoms in total. The lowest BCUT2D eigenvalue weighted by Crippen LogP contribution is -2.41. The van der Waals surface area contributed by atoms with Gasteiger partial charge in [0, 0.05) is 18.2 Å². The number of thioether (sulfide) groups is 1. The molecule has 1 aromatic heterocycles. The summed E-state index contributed by atoms with van der Waals surface area (Å²) >= 11 is 1.30. The lowest BCUT2D eigenvalue weighted by molar-refractivity contribution is -0.127. The minimum atomic E-state index is -0.521. The summed E-state index contributed by atoms with van der Waals surface area (Å²) in [5, 5.41) is 0.608. The Labute approximate surface area is 201 Å². The molecule has 176 valence electrons. The number of likely N-dealkylation sites (tertiary alicyclic amines) is 1. The van der Waals surface area contributed by atoms with Crippen molar-refractivity contribution in [1.29, 1.82) is 0 Å². The zero-order valence-corrected chi connectivity index (χ0v) is 19.6. The molecule has 2 heterocycles. The molecule has 0 spiro atoms. The Hall–Kier alpha value is -3.00. The maximum atomic E-state index is 13.5. The predicted octanol–water partition coefficient (Wildman–Crippen LogP) is 4.96. The number of aromatic nitrogens is 2. The SMILES string of the molecule is O=C(c1ccc(F)cc1)N1CCCCC(Sc2nc3ccccc3c(=O)n2C2CCCC2)C1=O. The van der Waals surface area contributed by atoms with Gasteiger partial charge in [-0.2, -0.15) is 0 Å². The first-order chi connectivity index (χ1) is 16.5. The average molecular weight is 480 g/mol. The topological polar surface area (TPSA) is 72.3 Å². The molecule has 5 rings (SSSR count). The fraction of sp³-hybridized carbons (Fsp3) is 0.385. The van der Waals surface area contributed by atoms with E-state index in [4.69, 9.17) is 4.98 Å². The standard InChI is InChI=1S/C26H26FN3O3S/c27-18-14-12-17(13-15-18)23(31)29-16-6-5-11-22(25(29)33)34-26-28-21-10-4-3-9-20(21)24(32)30(26)19-7-1-2-8-19/h3-4,9-10,12-15,19,22H,1-2,5-8,11,16H2. The number of hydrogen-bond donors (Lipinski definition) is 0. The van der Waals surface area contributed by atoms with Crippen molar-refractivity contribution in [2.24, 2.45) is 0 Å². The van der Waals surface area contributed by atoms with Gasteiger partial charge in [-0.25, -0.2) is 9.37 Å². The largest absolute Gasteiger partial charge is 0.284 e. The molecule has 2 aromatic carbocycles. The van der Waals surface area contributed by atoms with E-state index in [-0.39, 0.29) is 23.1 Å². The Bertz CT molecular complexity index is 1280. The first-order valence-electron chi connectivity index (χ1n) is 11.8. The summed E-state index contributed by atoms with van der Waals surface area (Å²) in [7, 11) is 0. The summed E-state index contributed by atoms with van der Waals surface area (Å²) in [4.78, 5) is 46.1. The third kappa shape index (κ3) is 4.39. The van der Waals surface area contributed by atoms with Crippen LogP contribution in [0.3, 0.4) is 0 Å². The fourth-order valence-corrected chi connectivity index (χ4v) is 6.15. The van der Waals surface area contributed by atoms with E-state index in [2.05, 4.69) is 0 Å². The van der Waals surface area contributed by atoms with Crippen LogP contribution in [0.25, 0.3) is 10.9 Å². The number of para-hydroxylation sites is 1. The summed E-state index contributed by atoms with van der Waals surface area (Å²) in [6, 6.07) is 12.6. The fourth-order valence-electron chi connectivity index (χ4n) is 4.89. The first kappa shape index (κ1) is 22.8. The number of amides is 2. The number of benzene rings is 2. The van der Waals surface area contributed by atoms with Crippen LogP contribution in [0.1, 0.15) is 61.3 Å². The highest BCUT2D eigenvalue weighted by Crippen LogP contribution is 2.35. The quantitative estimate of drug-likeness (QED) is 0.391.